The van der Waals surface area contributed by atoms with Crippen molar-refractivity contribution in [1.29, 1.82) is 0 Å². The Labute approximate surface area is 143 Å². The Morgan fingerprint density at radius 1 is 1.32 bits per heavy atom. The molecule has 0 saturated heterocycles. The third kappa shape index (κ3) is 5.38. The monoisotopic (exact) mass is 384 g/mol. The quantitative estimate of drug-likeness (QED) is 0.592. The zero-order valence-electron chi connectivity index (χ0n) is 12.3. The molecule has 7 heteroatoms. The van der Waals surface area contributed by atoms with Gasteiger partial charge in [0.1, 0.15) is 5.82 Å². The molecule has 1 aromatic carbocycles. The molecule has 2 N–H and O–H groups in total. The number of hydrogen-bond acceptors (Lipinski definition) is 2. The van der Waals surface area contributed by atoms with E-state index in [2.05, 4.69) is 31.7 Å². The minimum atomic E-state index is -0.232. The summed E-state index contributed by atoms with van der Waals surface area (Å²) >= 11 is 8.65. The average molecular weight is 385 g/mol. The Morgan fingerprint density at radius 3 is 2.68 bits per heavy atom. The first kappa shape index (κ1) is 16.9. The van der Waals surface area contributed by atoms with Crippen LogP contribution in [0.25, 0.3) is 0 Å². The SMILES string of the molecule is Cc1nn(CCCNC(=S)NCc2ccc(F)cc2)cc1Br. The van der Waals surface area contributed by atoms with Crippen molar-refractivity contribution in [2.75, 3.05) is 6.54 Å². The van der Waals surface area contributed by atoms with E-state index >= 15 is 0 Å². The van der Waals surface area contributed by atoms with E-state index in [1.807, 2.05) is 17.8 Å². The topological polar surface area (TPSA) is 41.9 Å². The average Bonchev–Trinajstić information content (AvgIpc) is 2.82. The minimum absolute atomic E-state index is 0.232. The van der Waals surface area contributed by atoms with Crippen molar-refractivity contribution in [3.8, 4) is 0 Å². The van der Waals surface area contributed by atoms with Gasteiger partial charge in [-0.1, -0.05) is 12.1 Å². The standard InChI is InChI=1S/C15H18BrFN4S/c1-11-14(16)10-21(20-11)8-2-7-18-15(22)19-9-12-3-5-13(17)6-4-12/h3-6,10H,2,7-9H2,1H3,(H2,18,19,22). The van der Waals surface area contributed by atoms with E-state index in [0.29, 0.717) is 11.7 Å². The molecule has 2 aromatic rings. The van der Waals surface area contributed by atoms with Gasteiger partial charge in [0.05, 0.1) is 10.2 Å². The number of hydrogen-bond donors (Lipinski definition) is 2. The molecular formula is C15H18BrFN4S. The fraction of sp³-hybridized carbons (Fsp3) is 0.333. The lowest BCUT2D eigenvalue weighted by Gasteiger charge is -2.10. The molecule has 2 rings (SSSR count). The van der Waals surface area contributed by atoms with Gasteiger partial charge >= 0.3 is 0 Å². The molecule has 1 heterocycles. The van der Waals surface area contributed by atoms with E-state index in [0.717, 1.165) is 35.2 Å². The number of aromatic nitrogens is 2. The van der Waals surface area contributed by atoms with Crippen LogP contribution in [-0.4, -0.2) is 21.4 Å². The predicted molar refractivity (Wildman–Crippen MR) is 93.1 cm³/mol. The number of benzene rings is 1. The maximum absolute atomic E-state index is 12.8. The van der Waals surface area contributed by atoms with Gasteiger partial charge in [0, 0.05) is 25.8 Å². The summed E-state index contributed by atoms with van der Waals surface area (Å²) in [6, 6.07) is 6.36. The van der Waals surface area contributed by atoms with Crippen molar-refractivity contribution in [2.24, 2.45) is 0 Å². The molecule has 0 bridgehead atoms. The molecule has 0 saturated carbocycles. The minimum Gasteiger partial charge on any atom is -0.363 e. The van der Waals surface area contributed by atoms with E-state index in [1.165, 1.54) is 12.1 Å². The van der Waals surface area contributed by atoms with E-state index in [4.69, 9.17) is 12.2 Å². The Kier molecular flexibility index (Phi) is 6.33. The van der Waals surface area contributed by atoms with Gasteiger partial charge in [-0.2, -0.15) is 5.10 Å². The maximum atomic E-state index is 12.8. The third-order valence-electron chi connectivity index (χ3n) is 3.10. The Bertz CT molecular complexity index is 607. The summed E-state index contributed by atoms with van der Waals surface area (Å²) in [6.45, 7) is 4.15. The summed E-state index contributed by atoms with van der Waals surface area (Å²) in [5.74, 6) is -0.232. The van der Waals surface area contributed by atoms with Crippen molar-refractivity contribution in [3.05, 3.63) is 52.0 Å². The van der Waals surface area contributed by atoms with Crippen LogP contribution in [0.5, 0.6) is 0 Å². The largest absolute Gasteiger partial charge is 0.363 e. The van der Waals surface area contributed by atoms with Crippen LogP contribution in [0.1, 0.15) is 17.7 Å². The molecule has 0 aliphatic rings. The number of aryl methyl sites for hydroxylation is 2. The number of halogens is 2. The van der Waals surface area contributed by atoms with Gasteiger partial charge in [0.25, 0.3) is 0 Å². The third-order valence-corrected chi connectivity index (χ3v) is 4.17. The van der Waals surface area contributed by atoms with Crippen LogP contribution in [0.2, 0.25) is 0 Å². The highest BCUT2D eigenvalue weighted by molar-refractivity contribution is 9.10. The van der Waals surface area contributed by atoms with Gasteiger partial charge < -0.3 is 10.6 Å². The molecule has 0 atom stereocenters. The zero-order chi connectivity index (χ0) is 15.9. The summed E-state index contributed by atoms with van der Waals surface area (Å²) in [5, 5.41) is 11.2. The van der Waals surface area contributed by atoms with Crippen LogP contribution in [0.3, 0.4) is 0 Å². The second-order valence-electron chi connectivity index (χ2n) is 4.91. The van der Waals surface area contributed by atoms with E-state index in [9.17, 15) is 4.39 Å². The number of rotatable bonds is 6. The second-order valence-corrected chi connectivity index (χ2v) is 6.18. The second kappa shape index (κ2) is 8.24. The number of thiocarbonyl (C=S) groups is 1. The number of nitrogens with zero attached hydrogens (tertiary/aromatic N) is 2. The summed E-state index contributed by atoms with van der Waals surface area (Å²) in [7, 11) is 0. The van der Waals surface area contributed by atoms with Crippen LogP contribution in [0.15, 0.2) is 34.9 Å². The molecule has 0 amide bonds. The van der Waals surface area contributed by atoms with Crippen molar-refractivity contribution in [1.82, 2.24) is 20.4 Å². The van der Waals surface area contributed by atoms with E-state index < -0.39 is 0 Å². The molecule has 4 nitrogen and oxygen atoms in total. The maximum Gasteiger partial charge on any atom is 0.166 e. The Balaban J connectivity index is 1.62. The van der Waals surface area contributed by atoms with Gasteiger partial charge in [-0.25, -0.2) is 4.39 Å². The van der Waals surface area contributed by atoms with Crippen molar-refractivity contribution in [2.45, 2.75) is 26.4 Å². The van der Waals surface area contributed by atoms with Crippen molar-refractivity contribution >= 4 is 33.3 Å². The van der Waals surface area contributed by atoms with Crippen molar-refractivity contribution in [3.63, 3.8) is 0 Å². The predicted octanol–water partition coefficient (Wildman–Crippen LogP) is 3.15. The first-order chi connectivity index (χ1) is 10.5. The molecule has 1 aromatic heterocycles. The molecule has 0 fully saturated rings. The molecule has 0 spiro atoms. The highest BCUT2D eigenvalue weighted by atomic mass is 79.9. The first-order valence-electron chi connectivity index (χ1n) is 7.00. The molecule has 0 aliphatic heterocycles. The van der Waals surface area contributed by atoms with Crippen LogP contribution < -0.4 is 10.6 Å². The zero-order valence-corrected chi connectivity index (χ0v) is 14.7. The molecule has 22 heavy (non-hydrogen) atoms. The first-order valence-corrected chi connectivity index (χ1v) is 8.20. The van der Waals surface area contributed by atoms with Gasteiger partial charge in [0.15, 0.2) is 5.11 Å². The molecule has 0 aliphatic carbocycles. The summed E-state index contributed by atoms with van der Waals surface area (Å²) < 4.78 is 15.7. The molecule has 0 radical (unpaired) electrons. The van der Waals surface area contributed by atoms with Gasteiger partial charge in [-0.15, -0.1) is 0 Å². The summed E-state index contributed by atoms with van der Waals surface area (Å²) in [4.78, 5) is 0. The smallest absolute Gasteiger partial charge is 0.166 e. The molecule has 118 valence electrons. The number of nitrogens with one attached hydrogen (secondary N) is 2. The summed E-state index contributed by atoms with van der Waals surface area (Å²) in [6.07, 6.45) is 2.90. The van der Waals surface area contributed by atoms with Gasteiger partial charge in [0.2, 0.25) is 0 Å². The van der Waals surface area contributed by atoms with E-state index in [-0.39, 0.29) is 5.82 Å². The van der Waals surface area contributed by atoms with E-state index in [1.54, 1.807) is 12.1 Å². The lowest BCUT2D eigenvalue weighted by atomic mass is 10.2. The van der Waals surface area contributed by atoms with Gasteiger partial charge in [-0.05, 0) is 59.2 Å². The van der Waals surface area contributed by atoms with Gasteiger partial charge in [-0.3, -0.25) is 4.68 Å². The molecule has 0 unspecified atom stereocenters. The fourth-order valence-corrected chi connectivity index (χ4v) is 2.39. The van der Waals surface area contributed by atoms with Crippen LogP contribution in [-0.2, 0) is 13.1 Å². The van der Waals surface area contributed by atoms with Crippen LogP contribution in [0, 0.1) is 12.7 Å². The molecular weight excluding hydrogens is 367 g/mol. The summed E-state index contributed by atoms with van der Waals surface area (Å²) in [5.41, 5.74) is 1.98. The van der Waals surface area contributed by atoms with Crippen molar-refractivity contribution < 1.29 is 4.39 Å². The lowest BCUT2D eigenvalue weighted by molar-refractivity contribution is 0.568. The Morgan fingerprint density at radius 2 is 2.05 bits per heavy atom. The van der Waals surface area contributed by atoms with Crippen LogP contribution in [0.4, 0.5) is 4.39 Å². The lowest BCUT2D eigenvalue weighted by Crippen LogP contribution is -2.35. The normalized spacial score (nSPS) is 10.5. The highest BCUT2D eigenvalue weighted by Gasteiger charge is 2.01. The Hall–Kier alpha value is -1.47. The fourth-order valence-electron chi connectivity index (χ4n) is 1.90. The highest BCUT2D eigenvalue weighted by Crippen LogP contribution is 2.13. The van der Waals surface area contributed by atoms with Crippen LogP contribution >= 0.6 is 28.1 Å².